The van der Waals surface area contributed by atoms with Crippen LogP contribution < -0.4 is 11.0 Å². The number of fused-ring (bicyclic) bond motifs is 1. The number of carbonyl (C=O) groups is 1. The van der Waals surface area contributed by atoms with E-state index in [4.69, 9.17) is 0 Å². The van der Waals surface area contributed by atoms with Crippen molar-refractivity contribution in [1.82, 2.24) is 19.2 Å². The largest absolute Gasteiger partial charge is 0.435 e. The van der Waals surface area contributed by atoms with E-state index in [0.29, 0.717) is 10.6 Å². The first-order valence-electron chi connectivity index (χ1n) is 11.9. The third-order valence-corrected chi connectivity index (χ3v) is 7.55. The Morgan fingerprint density at radius 2 is 1.89 bits per heavy atom. The van der Waals surface area contributed by atoms with E-state index in [1.807, 2.05) is 19.1 Å². The van der Waals surface area contributed by atoms with Crippen LogP contribution in [0.1, 0.15) is 38.8 Å². The molecule has 0 saturated heterocycles. The van der Waals surface area contributed by atoms with Gasteiger partial charge in [0.2, 0.25) is 5.95 Å². The number of nitrogens with one attached hydrogen (secondary N) is 1. The lowest BCUT2D eigenvalue weighted by Gasteiger charge is -2.23. The van der Waals surface area contributed by atoms with Crippen molar-refractivity contribution in [3.05, 3.63) is 67.4 Å². The van der Waals surface area contributed by atoms with Crippen molar-refractivity contribution in [2.24, 2.45) is 11.8 Å². The number of aromatic nitrogens is 4. The predicted octanol–water partition coefficient (Wildman–Crippen LogP) is 5.72. The monoisotopic (exact) mass is 649 g/mol. The van der Waals surface area contributed by atoms with Crippen molar-refractivity contribution in [2.75, 3.05) is 5.32 Å². The minimum Gasteiger partial charge on any atom is -0.292 e. The SMILES string of the molecule is CC1CC(I)=CC=C(Cn2c(NC(=O)C3=CCC(F)C(F)CC=C3)nc3cc(C(F)(F)F)nn3c2=O)C1C. The van der Waals surface area contributed by atoms with Gasteiger partial charge in [-0.2, -0.15) is 27.8 Å². The molecule has 4 rings (SSSR count). The Balaban J connectivity index is 1.78. The van der Waals surface area contributed by atoms with E-state index in [1.54, 1.807) is 0 Å². The maximum Gasteiger partial charge on any atom is 0.435 e. The molecule has 0 spiro atoms. The van der Waals surface area contributed by atoms with Crippen LogP contribution in [0.2, 0.25) is 0 Å². The molecule has 0 aliphatic heterocycles. The summed E-state index contributed by atoms with van der Waals surface area (Å²) in [5, 5.41) is 5.89. The lowest BCUT2D eigenvalue weighted by atomic mass is 9.87. The lowest BCUT2D eigenvalue weighted by Crippen LogP contribution is -2.34. The molecule has 13 heteroatoms. The van der Waals surface area contributed by atoms with E-state index >= 15 is 0 Å². The number of halogens is 6. The van der Waals surface area contributed by atoms with Gasteiger partial charge in [0.05, 0.1) is 6.54 Å². The summed E-state index contributed by atoms with van der Waals surface area (Å²) in [6.45, 7) is 3.98. The number of anilines is 1. The van der Waals surface area contributed by atoms with Gasteiger partial charge in [-0.3, -0.25) is 14.7 Å². The van der Waals surface area contributed by atoms with Crippen LogP contribution in [0.25, 0.3) is 5.65 Å². The Morgan fingerprint density at radius 1 is 1.18 bits per heavy atom. The summed E-state index contributed by atoms with van der Waals surface area (Å²) in [4.78, 5) is 30.6. The first kappa shape index (κ1) is 28.2. The summed E-state index contributed by atoms with van der Waals surface area (Å²) >= 11 is 2.23. The molecule has 2 aliphatic carbocycles. The van der Waals surface area contributed by atoms with E-state index in [2.05, 4.69) is 44.9 Å². The standard InChI is InChI=1S/C25H25F5IN5O2/c1-13-10-17(31)8-6-16(14(13)2)12-35-23(32-21-11-20(25(28,29)30)34-36(21)24(35)38)33-22(37)15-4-3-5-18(26)19(27)9-7-15/h3-4,6-8,11,13-14,18-19H,5,9-10,12H2,1-2H3,(H,32,33,37). The second-order valence-corrected chi connectivity index (χ2v) is 10.8. The number of allylic oxidation sites excluding steroid dienone is 6. The molecule has 0 saturated carbocycles. The fraction of sp³-hybridized carbons (Fsp3) is 0.440. The van der Waals surface area contributed by atoms with E-state index in [9.17, 15) is 31.5 Å². The third kappa shape index (κ3) is 6.07. The van der Waals surface area contributed by atoms with Crippen LogP contribution in [0, 0.1) is 11.8 Å². The second kappa shape index (κ2) is 11.1. The highest BCUT2D eigenvalue weighted by molar-refractivity contribution is 14.1. The van der Waals surface area contributed by atoms with Crippen LogP contribution in [0.3, 0.4) is 0 Å². The van der Waals surface area contributed by atoms with Crippen molar-refractivity contribution in [3.63, 3.8) is 0 Å². The van der Waals surface area contributed by atoms with Gasteiger partial charge < -0.3 is 0 Å². The Labute approximate surface area is 228 Å². The molecular formula is C25H25F5IN5O2. The maximum atomic E-state index is 13.9. The topological polar surface area (TPSA) is 81.3 Å². The summed E-state index contributed by atoms with van der Waals surface area (Å²) in [6.07, 6.45) is -0.361. The zero-order chi connectivity index (χ0) is 27.8. The molecule has 2 heterocycles. The molecule has 4 atom stereocenters. The number of hydrogen-bond donors (Lipinski definition) is 1. The maximum absolute atomic E-state index is 13.9. The molecule has 38 heavy (non-hydrogen) atoms. The molecule has 2 aliphatic rings. The van der Waals surface area contributed by atoms with E-state index < -0.39 is 41.5 Å². The fourth-order valence-electron chi connectivity index (χ4n) is 4.26. The van der Waals surface area contributed by atoms with Crippen LogP contribution in [0.15, 0.2) is 56.0 Å². The van der Waals surface area contributed by atoms with Crippen LogP contribution in [0.5, 0.6) is 0 Å². The van der Waals surface area contributed by atoms with Crippen LogP contribution in [-0.2, 0) is 17.5 Å². The lowest BCUT2D eigenvalue weighted by molar-refractivity contribution is -0.141. The molecule has 4 unspecified atom stereocenters. The van der Waals surface area contributed by atoms with Gasteiger partial charge >= 0.3 is 11.9 Å². The average Bonchev–Trinajstić information content (AvgIpc) is 3.24. The van der Waals surface area contributed by atoms with E-state index in [-0.39, 0.29) is 42.7 Å². The molecule has 0 fully saturated rings. The Morgan fingerprint density at radius 3 is 2.61 bits per heavy atom. The Kier molecular flexibility index (Phi) is 8.23. The summed E-state index contributed by atoms with van der Waals surface area (Å²) in [6, 6.07) is 0.617. The van der Waals surface area contributed by atoms with E-state index in [1.165, 1.54) is 18.2 Å². The fourth-order valence-corrected chi connectivity index (χ4v) is 5.13. The summed E-state index contributed by atoms with van der Waals surface area (Å²) in [5.41, 5.74) is -1.80. The molecule has 0 aromatic carbocycles. The molecule has 2 aromatic rings. The molecule has 1 N–H and O–H groups in total. The van der Waals surface area contributed by atoms with Crippen LogP contribution in [0.4, 0.5) is 27.9 Å². The van der Waals surface area contributed by atoms with Gasteiger partial charge in [-0.1, -0.05) is 44.2 Å². The van der Waals surface area contributed by atoms with Gasteiger partial charge in [0.1, 0.15) is 12.3 Å². The minimum absolute atomic E-state index is 0.0119. The van der Waals surface area contributed by atoms with Crippen molar-refractivity contribution in [3.8, 4) is 0 Å². The first-order valence-corrected chi connectivity index (χ1v) is 13.0. The Hall–Kier alpha value is -2.84. The van der Waals surface area contributed by atoms with E-state index in [0.717, 1.165) is 20.1 Å². The molecule has 0 bridgehead atoms. The first-order chi connectivity index (χ1) is 17.8. The predicted molar refractivity (Wildman–Crippen MR) is 140 cm³/mol. The van der Waals surface area contributed by atoms with Gasteiger partial charge in [0, 0.05) is 18.1 Å². The smallest absolute Gasteiger partial charge is 0.292 e. The number of amides is 1. The van der Waals surface area contributed by atoms with Crippen molar-refractivity contribution in [2.45, 2.75) is 58.2 Å². The summed E-state index contributed by atoms with van der Waals surface area (Å²) in [5.74, 6) is -0.824. The Bertz CT molecular complexity index is 1420. The number of hydrogen-bond acceptors (Lipinski definition) is 4. The molecule has 0 radical (unpaired) electrons. The third-order valence-electron chi connectivity index (χ3n) is 6.75. The van der Waals surface area contributed by atoms with Gasteiger partial charge in [-0.25, -0.2) is 13.6 Å². The number of nitrogens with zero attached hydrogens (tertiary/aromatic N) is 4. The normalized spacial score (nSPS) is 24.7. The highest BCUT2D eigenvalue weighted by Gasteiger charge is 2.35. The quantitative estimate of drug-likeness (QED) is 0.340. The summed E-state index contributed by atoms with van der Waals surface area (Å²) in [7, 11) is 0. The molecular weight excluding hydrogens is 624 g/mol. The van der Waals surface area contributed by atoms with Crippen LogP contribution >= 0.6 is 22.6 Å². The molecule has 2 aromatic heterocycles. The molecule has 1 amide bonds. The zero-order valence-corrected chi connectivity index (χ0v) is 22.6. The number of rotatable bonds is 4. The second-order valence-electron chi connectivity index (χ2n) is 9.45. The summed E-state index contributed by atoms with van der Waals surface area (Å²) < 4.78 is 70.2. The van der Waals surface area contributed by atoms with Crippen molar-refractivity contribution in [1.29, 1.82) is 0 Å². The average molecular weight is 649 g/mol. The van der Waals surface area contributed by atoms with Crippen LogP contribution in [-0.4, -0.2) is 37.4 Å². The molecule has 7 nitrogen and oxygen atoms in total. The van der Waals surface area contributed by atoms with Gasteiger partial charge in [-0.05, 0) is 56.4 Å². The highest BCUT2D eigenvalue weighted by Crippen LogP contribution is 2.33. The van der Waals surface area contributed by atoms with Crippen molar-refractivity contribution >= 4 is 40.1 Å². The zero-order valence-electron chi connectivity index (χ0n) is 20.5. The molecule has 204 valence electrons. The number of alkyl halides is 5. The van der Waals surface area contributed by atoms with Gasteiger partial charge in [-0.15, -0.1) is 0 Å². The number of carbonyl (C=O) groups excluding carboxylic acids is 1. The van der Waals surface area contributed by atoms with Gasteiger partial charge in [0.25, 0.3) is 5.91 Å². The van der Waals surface area contributed by atoms with Crippen molar-refractivity contribution < 1.29 is 26.7 Å². The minimum atomic E-state index is -4.81. The highest BCUT2D eigenvalue weighted by atomic mass is 127. The van der Waals surface area contributed by atoms with Gasteiger partial charge in [0.15, 0.2) is 11.3 Å².